The van der Waals surface area contributed by atoms with Gasteiger partial charge in [-0.3, -0.25) is 13.8 Å². The zero-order valence-electron chi connectivity index (χ0n) is 12.3. The molecule has 0 bridgehead atoms. The first kappa shape index (κ1) is 16.6. The second kappa shape index (κ2) is 6.79. The molecule has 1 aromatic carbocycles. The van der Waals surface area contributed by atoms with Crippen molar-refractivity contribution in [2.45, 2.75) is 44.6 Å². The van der Waals surface area contributed by atoms with Gasteiger partial charge in [-0.05, 0) is 39.8 Å². The lowest BCUT2D eigenvalue weighted by Crippen LogP contribution is -2.26. The molecule has 0 N–H and O–H groups in total. The summed E-state index contributed by atoms with van der Waals surface area (Å²) < 4.78 is 17.0. The first-order chi connectivity index (χ1) is 9.17. The lowest BCUT2D eigenvalue weighted by molar-refractivity contribution is -0.155. The highest BCUT2D eigenvalue weighted by Crippen LogP contribution is 2.11. The van der Waals surface area contributed by atoms with Gasteiger partial charge in [-0.1, -0.05) is 17.7 Å². The Kier molecular flexibility index (Phi) is 5.62. The van der Waals surface area contributed by atoms with Crippen molar-refractivity contribution in [1.82, 2.24) is 0 Å². The van der Waals surface area contributed by atoms with Crippen molar-refractivity contribution < 1.29 is 18.5 Å². The molecule has 4 nitrogen and oxygen atoms in total. The molecular weight excluding hydrogens is 276 g/mol. The van der Waals surface area contributed by atoms with Gasteiger partial charge >= 0.3 is 5.97 Å². The summed E-state index contributed by atoms with van der Waals surface area (Å²) in [6, 6.07) is 7.13. The van der Waals surface area contributed by atoms with Gasteiger partial charge in [0.1, 0.15) is 12.0 Å². The van der Waals surface area contributed by atoms with Crippen molar-refractivity contribution in [2.24, 2.45) is 0 Å². The highest BCUT2D eigenvalue weighted by Gasteiger charge is 2.20. The molecule has 1 rings (SSSR count). The third-order valence-corrected chi connectivity index (χ3v) is 3.72. The second-order valence-electron chi connectivity index (χ2n) is 5.60. The standard InChI is InChI=1S/C15H20O4S/c1-11-5-7-13(8-6-11)20(18)10-12(16)9-14(17)19-15(2,3)4/h5-8H,9-10H2,1-4H3/t20-/m0/s1. The minimum atomic E-state index is -1.42. The Morgan fingerprint density at radius 1 is 1.15 bits per heavy atom. The van der Waals surface area contributed by atoms with E-state index >= 15 is 0 Å². The summed E-state index contributed by atoms with van der Waals surface area (Å²) in [5, 5.41) is 0. The van der Waals surface area contributed by atoms with Crippen LogP contribution < -0.4 is 0 Å². The number of esters is 1. The molecule has 5 heteroatoms. The van der Waals surface area contributed by atoms with Crippen LogP contribution in [0.25, 0.3) is 0 Å². The fraction of sp³-hybridized carbons (Fsp3) is 0.467. The predicted molar refractivity (Wildman–Crippen MR) is 77.9 cm³/mol. The predicted octanol–water partition coefficient (Wildman–Crippen LogP) is 2.40. The van der Waals surface area contributed by atoms with Crippen LogP contribution in [0.2, 0.25) is 0 Å². The van der Waals surface area contributed by atoms with Crippen molar-refractivity contribution >= 4 is 22.6 Å². The lowest BCUT2D eigenvalue weighted by Gasteiger charge is -2.19. The van der Waals surface area contributed by atoms with Gasteiger partial charge in [0.2, 0.25) is 0 Å². The number of carbonyl (C=O) groups excluding carboxylic acids is 2. The monoisotopic (exact) mass is 296 g/mol. The smallest absolute Gasteiger partial charge is 0.313 e. The minimum absolute atomic E-state index is 0.164. The highest BCUT2D eigenvalue weighted by molar-refractivity contribution is 7.85. The zero-order valence-corrected chi connectivity index (χ0v) is 13.1. The number of aryl methyl sites for hydroxylation is 1. The molecule has 0 aliphatic carbocycles. The van der Waals surface area contributed by atoms with Gasteiger partial charge in [0.25, 0.3) is 0 Å². The van der Waals surface area contributed by atoms with Crippen LogP contribution in [0.15, 0.2) is 29.2 Å². The summed E-state index contributed by atoms with van der Waals surface area (Å²) in [6.45, 7) is 7.14. The van der Waals surface area contributed by atoms with E-state index in [9.17, 15) is 13.8 Å². The third-order valence-electron chi connectivity index (χ3n) is 2.34. The van der Waals surface area contributed by atoms with E-state index in [2.05, 4.69) is 0 Å². The SMILES string of the molecule is Cc1ccc([S@@](=O)CC(=O)CC(=O)OC(C)(C)C)cc1. The van der Waals surface area contributed by atoms with Crippen molar-refractivity contribution in [1.29, 1.82) is 0 Å². The average molecular weight is 296 g/mol. The van der Waals surface area contributed by atoms with Crippen molar-refractivity contribution in [2.75, 3.05) is 5.75 Å². The van der Waals surface area contributed by atoms with Crippen LogP contribution in [-0.2, 0) is 25.1 Å². The Labute approximate surface area is 122 Å². The summed E-state index contributed by atoms with van der Waals surface area (Å²) >= 11 is 0. The number of Topliss-reactive ketones (excluding diaryl/α,β-unsaturated/α-hetero) is 1. The van der Waals surface area contributed by atoms with Crippen LogP contribution in [0, 0.1) is 6.92 Å². The van der Waals surface area contributed by atoms with E-state index in [-0.39, 0.29) is 18.0 Å². The number of rotatable bonds is 5. The molecule has 0 amide bonds. The van der Waals surface area contributed by atoms with E-state index in [0.29, 0.717) is 4.90 Å². The van der Waals surface area contributed by atoms with Gasteiger partial charge in [-0.2, -0.15) is 0 Å². The van der Waals surface area contributed by atoms with E-state index < -0.39 is 22.4 Å². The number of ketones is 1. The molecule has 1 aromatic rings. The Bertz CT molecular complexity index is 512. The summed E-state index contributed by atoms with van der Waals surface area (Å²) in [6.07, 6.45) is -0.338. The van der Waals surface area contributed by atoms with E-state index in [1.807, 2.05) is 19.1 Å². The van der Waals surface area contributed by atoms with Gasteiger partial charge in [-0.25, -0.2) is 0 Å². The van der Waals surface area contributed by atoms with Crippen molar-refractivity contribution in [3.8, 4) is 0 Å². The van der Waals surface area contributed by atoms with Crippen molar-refractivity contribution in [3.63, 3.8) is 0 Å². The topological polar surface area (TPSA) is 60.4 Å². The normalized spacial score (nSPS) is 12.8. The summed E-state index contributed by atoms with van der Waals surface area (Å²) in [5.74, 6) is -1.12. The first-order valence-electron chi connectivity index (χ1n) is 6.36. The number of ether oxygens (including phenoxy) is 1. The largest absolute Gasteiger partial charge is 0.460 e. The molecule has 0 spiro atoms. The molecule has 0 radical (unpaired) electrons. The zero-order chi connectivity index (χ0) is 15.3. The maximum absolute atomic E-state index is 12.0. The van der Waals surface area contributed by atoms with Crippen LogP contribution >= 0.6 is 0 Å². The molecule has 0 saturated heterocycles. The van der Waals surface area contributed by atoms with E-state index in [1.54, 1.807) is 32.9 Å². The molecule has 0 unspecified atom stereocenters. The van der Waals surface area contributed by atoms with Gasteiger partial charge in [0.05, 0.1) is 16.6 Å². The highest BCUT2D eigenvalue weighted by atomic mass is 32.2. The van der Waals surface area contributed by atoms with Crippen molar-refractivity contribution in [3.05, 3.63) is 29.8 Å². The van der Waals surface area contributed by atoms with Crippen LogP contribution in [-0.4, -0.2) is 27.3 Å². The summed E-state index contributed by atoms with van der Waals surface area (Å²) in [7, 11) is -1.42. The maximum atomic E-state index is 12.0. The molecule has 0 saturated carbocycles. The molecular formula is C15H20O4S. The maximum Gasteiger partial charge on any atom is 0.313 e. The first-order valence-corrected chi connectivity index (χ1v) is 7.68. The fourth-order valence-corrected chi connectivity index (χ4v) is 2.51. The van der Waals surface area contributed by atoms with Gasteiger partial charge in [-0.15, -0.1) is 0 Å². The third kappa shape index (κ3) is 6.10. The molecule has 0 aromatic heterocycles. The molecule has 110 valence electrons. The number of hydrogen-bond acceptors (Lipinski definition) is 4. The molecule has 0 aliphatic rings. The molecule has 0 heterocycles. The lowest BCUT2D eigenvalue weighted by atomic mass is 10.2. The number of carbonyl (C=O) groups is 2. The van der Waals surface area contributed by atoms with E-state index in [4.69, 9.17) is 4.74 Å². The van der Waals surface area contributed by atoms with Crippen LogP contribution in [0.3, 0.4) is 0 Å². The van der Waals surface area contributed by atoms with E-state index in [1.165, 1.54) is 0 Å². The molecule has 1 atom stereocenters. The van der Waals surface area contributed by atoms with E-state index in [0.717, 1.165) is 5.56 Å². The molecule has 0 aliphatic heterocycles. The quantitative estimate of drug-likeness (QED) is 0.618. The van der Waals surface area contributed by atoms with Crippen LogP contribution in [0.5, 0.6) is 0 Å². The molecule has 0 fully saturated rings. The van der Waals surface area contributed by atoms with Crippen LogP contribution in [0.1, 0.15) is 32.8 Å². The average Bonchev–Trinajstić information content (AvgIpc) is 2.26. The van der Waals surface area contributed by atoms with Gasteiger partial charge < -0.3 is 4.74 Å². The number of benzene rings is 1. The fourth-order valence-electron chi connectivity index (χ4n) is 1.51. The van der Waals surface area contributed by atoms with Gasteiger partial charge in [0.15, 0.2) is 5.78 Å². The van der Waals surface area contributed by atoms with Gasteiger partial charge in [0, 0.05) is 4.90 Å². The molecule has 20 heavy (non-hydrogen) atoms. The Balaban J connectivity index is 2.52. The summed E-state index contributed by atoms with van der Waals surface area (Å²) in [5.41, 5.74) is 0.443. The Morgan fingerprint density at radius 2 is 1.70 bits per heavy atom. The second-order valence-corrected chi connectivity index (χ2v) is 7.06. The van der Waals surface area contributed by atoms with Crippen LogP contribution in [0.4, 0.5) is 0 Å². The summed E-state index contributed by atoms with van der Waals surface area (Å²) in [4.78, 5) is 23.8. The Hall–Kier alpha value is -1.49. The number of hydrogen-bond donors (Lipinski definition) is 0. The Morgan fingerprint density at radius 3 is 2.20 bits per heavy atom. The minimum Gasteiger partial charge on any atom is -0.460 e.